The lowest BCUT2D eigenvalue weighted by molar-refractivity contribution is -0.147. The summed E-state index contributed by atoms with van der Waals surface area (Å²) in [7, 11) is 1.75. The Balaban J connectivity index is 1.59. The average molecular weight is 314 g/mol. The van der Waals surface area contributed by atoms with E-state index in [9.17, 15) is 9.59 Å². The second-order valence-electron chi connectivity index (χ2n) is 5.80. The number of carbonyl (C=O) groups is 2. The monoisotopic (exact) mass is 314 g/mol. The molecule has 122 valence electrons. The highest BCUT2D eigenvalue weighted by atomic mass is 16.2. The molecule has 2 aliphatic rings. The molecule has 0 bridgehead atoms. The van der Waals surface area contributed by atoms with E-state index < -0.39 is 0 Å². The zero-order valence-electron chi connectivity index (χ0n) is 13.4. The molecule has 6 nitrogen and oxygen atoms in total. The largest absolute Gasteiger partial charge is 0.354 e. The lowest BCUT2D eigenvalue weighted by Gasteiger charge is -2.27. The summed E-state index contributed by atoms with van der Waals surface area (Å²) in [4.78, 5) is 31.5. The van der Waals surface area contributed by atoms with Crippen molar-refractivity contribution in [2.45, 2.75) is 25.7 Å². The van der Waals surface area contributed by atoms with E-state index in [1.165, 1.54) is 16.2 Å². The molecule has 0 saturated carbocycles. The second-order valence-corrected chi connectivity index (χ2v) is 5.80. The summed E-state index contributed by atoms with van der Waals surface area (Å²) < 4.78 is 0. The third-order valence-electron chi connectivity index (χ3n) is 4.36. The number of rotatable bonds is 3. The molecule has 0 spiro atoms. The first-order chi connectivity index (χ1) is 11.2. The van der Waals surface area contributed by atoms with Gasteiger partial charge < -0.3 is 10.2 Å². The molecule has 1 aromatic rings. The van der Waals surface area contributed by atoms with Crippen LogP contribution in [0.1, 0.15) is 24.8 Å². The van der Waals surface area contributed by atoms with E-state index in [1.807, 2.05) is 12.1 Å². The first-order valence-corrected chi connectivity index (χ1v) is 8.10. The van der Waals surface area contributed by atoms with Crippen molar-refractivity contribution < 1.29 is 9.59 Å². The number of likely N-dealkylation sites (tertiary alicyclic amines) is 1. The Kier molecular flexibility index (Phi) is 4.60. The average Bonchev–Trinajstić information content (AvgIpc) is 2.98. The highest BCUT2D eigenvalue weighted by Gasteiger charge is 2.26. The fourth-order valence-corrected chi connectivity index (χ4v) is 3.18. The number of guanidine groups is 1. The Hall–Kier alpha value is -2.37. The molecule has 1 aromatic carbocycles. The molecular weight excluding hydrogens is 292 g/mol. The number of amides is 2. The van der Waals surface area contributed by atoms with E-state index in [1.54, 1.807) is 7.05 Å². The van der Waals surface area contributed by atoms with Gasteiger partial charge in [-0.2, -0.15) is 0 Å². The summed E-state index contributed by atoms with van der Waals surface area (Å²) in [5.74, 6) is 0.654. The van der Waals surface area contributed by atoms with Crippen LogP contribution >= 0.6 is 0 Å². The Bertz CT molecular complexity index is 625. The smallest absolute Gasteiger partial charge is 0.229 e. The van der Waals surface area contributed by atoms with Crippen LogP contribution in [0.5, 0.6) is 0 Å². The Morgan fingerprint density at radius 2 is 1.91 bits per heavy atom. The quantitative estimate of drug-likeness (QED) is 0.517. The van der Waals surface area contributed by atoms with Gasteiger partial charge >= 0.3 is 0 Å². The third-order valence-corrected chi connectivity index (χ3v) is 4.36. The van der Waals surface area contributed by atoms with Crippen molar-refractivity contribution >= 4 is 23.5 Å². The Morgan fingerprint density at radius 1 is 1.17 bits per heavy atom. The summed E-state index contributed by atoms with van der Waals surface area (Å²) in [6, 6.07) is 8.29. The molecule has 0 unspecified atom stereocenters. The zero-order valence-corrected chi connectivity index (χ0v) is 13.4. The van der Waals surface area contributed by atoms with Gasteiger partial charge in [0.1, 0.15) is 0 Å². The number of nitrogens with zero attached hydrogens (tertiary/aromatic N) is 3. The molecule has 0 aromatic heterocycles. The molecule has 0 radical (unpaired) electrons. The fraction of sp³-hybridized carbons (Fsp3) is 0.471. The van der Waals surface area contributed by atoms with E-state index in [0.717, 1.165) is 18.9 Å². The van der Waals surface area contributed by atoms with Crippen molar-refractivity contribution in [3.05, 3.63) is 29.8 Å². The summed E-state index contributed by atoms with van der Waals surface area (Å²) in [5, 5.41) is 3.27. The van der Waals surface area contributed by atoms with E-state index >= 15 is 0 Å². The number of nitrogens with one attached hydrogen (secondary N) is 1. The van der Waals surface area contributed by atoms with Gasteiger partial charge in [0.25, 0.3) is 0 Å². The van der Waals surface area contributed by atoms with Gasteiger partial charge in [0.15, 0.2) is 5.96 Å². The second kappa shape index (κ2) is 6.81. The maximum Gasteiger partial charge on any atom is 0.229 e. The van der Waals surface area contributed by atoms with Crippen LogP contribution in [0.3, 0.4) is 0 Å². The number of piperidine rings is 1. The van der Waals surface area contributed by atoms with Gasteiger partial charge in [0, 0.05) is 45.2 Å². The molecule has 1 N–H and O–H groups in total. The number of fused-ring (bicyclic) bond motifs is 1. The van der Waals surface area contributed by atoms with Gasteiger partial charge in [-0.25, -0.2) is 0 Å². The van der Waals surface area contributed by atoms with Crippen molar-refractivity contribution in [2.75, 3.05) is 31.6 Å². The van der Waals surface area contributed by atoms with Gasteiger partial charge in [0.05, 0.1) is 0 Å². The Morgan fingerprint density at radius 3 is 2.65 bits per heavy atom. The molecule has 2 aliphatic heterocycles. The number of hydrogen-bond acceptors (Lipinski definition) is 3. The molecule has 1 saturated heterocycles. The maximum atomic E-state index is 11.8. The van der Waals surface area contributed by atoms with Crippen LogP contribution in [-0.2, 0) is 16.0 Å². The minimum atomic E-state index is -0.0652. The minimum Gasteiger partial charge on any atom is -0.354 e. The topological polar surface area (TPSA) is 65.0 Å². The highest BCUT2D eigenvalue weighted by Crippen LogP contribution is 2.27. The van der Waals surface area contributed by atoms with Crippen LogP contribution in [0.25, 0.3) is 0 Å². The fourth-order valence-electron chi connectivity index (χ4n) is 3.18. The summed E-state index contributed by atoms with van der Waals surface area (Å²) in [5.41, 5.74) is 2.49. The predicted octanol–water partition coefficient (Wildman–Crippen LogP) is 1.16. The molecule has 0 aliphatic carbocycles. The number of hydrogen-bond donors (Lipinski definition) is 1. The van der Waals surface area contributed by atoms with Crippen LogP contribution in [-0.4, -0.2) is 49.4 Å². The maximum absolute atomic E-state index is 11.8. The molecule has 2 heterocycles. The van der Waals surface area contributed by atoms with Crippen molar-refractivity contribution in [1.29, 1.82) is 0 Å². The lowest BCUT2D eigenvalue weighted by atomic mass is 10.1. The lowest BCUT2D eigenvalue weighted by Crippen LogP contribution is -2.47. The van der Waals surface area contributed by atoms with E-state index in [2.05, 4.69) is 27.3 Å². The highest BCUT2D eigenvalue weighted by molar-refractivity contribution is 5.99. The molecule has 3 rings (SSSR count). The molecule has 6 heteroatoms. The van der Waals surface area contributed by atoms with Crippen molar-refractivity contribution in [3.8, 4) is 0 Å². The molecular formula is C17H22N4O2. The minimum absolute atomic E-state index is 0.0652. The normalized spacial score (nSPS) is 18.4. The van der Waals surface area contributed by atoms with Crippen molar-refractivity contribution in [3.63, 3.8) is 0 Å². The van der Waals surface area contributed by atoms with Gasteiger partial charge in [-0.1, -0.05) is 18.2 Å². The van der Waals surface area contributed by atoms with Crippen LogP contribution in [0, 0.1) is 0 Å². The zero-order chi connectivity index (χ0) is 16.2. The van der Waals surface area contributed by atoms with Crippen LogP contribution in [0.2, 0.25) is 0 Å². The van der Waals surface area contributed by atoms with E-state index in [0.29, 0.717) is 32.4 Å². The van der Waals surface area contributed by atoms with E-state index in [-0.39, 0.29) is 11.8 Å². The van der Waals surface area contributed by atoms with E-state index in [4.69, 9.17) is 0 Å². The molecule has 0 atom stereocenters. The SMILES string of the molecule is CN=C(NCCN1C(=O)CCCC1=O)N1CCc2ccccc21. The summed E-state index contributed by atoms with van der Waals surface area (Å²) in [6.07, 6.45) is 2.62. The van der Waals surface area contributed by atoms with Gasteiger partial charge in [-0.05, 0) is 24.5 Å². The number of para-hydroxylation sites is 1. The standard InChI is InChI=1S/C17H22N4O2/c1-18-17(20-11-9-13-5-2-3-6-14(13)20)19-10-12-21-15(22)7-4-8-16(21)23/h2-3,5-6H,4,7-12H2,1H3,(H,18,19). The Labute approximate surface area is 136 Å². The van der Waals surface area contributed by atoms with Crippen LogP contribution in [0.4, 0.5) is 5.69 Å². The van der Waals surface area contributed by atoms with Gasteiger partial charge in [-0.3, -0.25) is 19.5 Å². The first-order valence-electron chi connectivity index (χ1n) is 8.10. The van der Waals surface area contributed by atoms with Crippen molar-refractivity contribution in [2.24, 2.45) is 4.99 Å². The number of anilines is 1. The number of aliphatic imine (C=N–C) groups is 1. The number of benzene rings is 1. The van der Waals surface area contributed by atoms with Gasteiger partial charge in [0.2, 0.25) is 11.8 Å². The van der Waals surface area contributed by atoms with Crippen LogP contribution < -0.4 is 10.2 Å². The molecule has 2 amide bonds. The van der Waals surface area contributed by atoms with Crippen molar-refractivity contribution in [1.82, 2.24) is 10.2 Å². The number of imide groups is 1. The molecule has 1 fully saturated rings. The summed E-state index contributed by atoms with van der Waals surface area (Å²) in [6.45, 7) is 1.80. The summed E-state index contributed by atoms with van der Waals surface area (Å²) >= 11 is 0. The number of carbonyl (C=O) groups excluding carboxylic acids is 2. The molecule has 23 heavy (non-hydrogen) atoms. The predicted molar refractivity (Wildman–Crippen MR) is 89.4 cm³/mol. The van der Waals surface area contributed by atoms with Crippen LogP contribution in [0.15, 0.2) is 29.3 Å². The third kappa shape index (κ3) is 3.21. The van der Waals surface area contributed by atoms with Gasteiger partial charge in [-0.15, -0.1) is 0 Å². The first kappa shape index (κ1) is 15.5.